The summed E-state index contributed by atoms with van der Waals surface area (Å²) in [7, 11) is 0. The van der Waals surface area contributed by atoms with Crippen LogP contribution in [0.3, 0.4) is 0 Å². The number of hydrogen-bond acceptors (Lipinski definition) is 3. The topological polar surface area (TPSA) is 38.0 Å². The summed E-state index contributed by atoms with van der Waals surface area (Å²) < 4.78 is 12.7. The fraction of sp³-hybridized carbons (Fsp3) is 0.385. The van der Waals surface area contributed by atoms with E-state index in [4.69, 9.17) is 5.84 Å². The van der Waals surface area contributed by atoms with Crippen molar-refractivity contribution in [3.63, 3.8) is 0 Å². The molecule has 1 unspecified atom stereocenters. The number of benzene rings is 1. The lowest BCUT2D eigenvalue weighted by Crippen LogP contribution is -2.36. The first kappa shape index (κ1) is 14.0. The van der Waals surface area contributed by atoms with E-state index >= 15 is 0 Å². The van der Waals surface area contributed by atoms with E-state index in [9.17, 15) is 4.39 Å². The van der Waals surface area contributed by atoms with Crippen molar-refractivity contribution in [2.24, 2.45) is 5.84 Å². The predicted octanol–water partition coefficient (Wildman–Crippen LogP) is 2.55. The van der Waals surface area contributed by atoms with E-state index in [1.165, 1.54) is 12.1 Å². The van der Waals surface area contributed by atoms with Gasteiger partial charge >= 0.3 is 0 Å². The van der Waals surface area contributed by atoms with Gasteiger partial charge < -0.3 is 0 Å². The van der Waals surface area contributed by atoms with Crippen LogP contribution >= 0.6 is 11.8 Å². The first-order valence-electron chi connectivity index (χ1n) is 5.50. The van der Waals surface area contributed by atoms with Gasteiger partial charge in [-0.1, -0.05) is 0 Å². The summed E-state index contributed by atoms with van der Waals surface area (Å²) in [6.07, 6.45) is 1.76. The minimum Gasteiger partial charge on any atom is -0.271 e. The van der Waals surface area contributed by atoms with Crippen molar-refractivity contribution >= 4 is 11.8 Å². The van der Waals surface area contributed by atoms with Gasteiger partial charge in [-0.25, -0.2) is 4.39 Å². The van der Waals surface area contributed by atoms with Crippen molar-refractivity contribution < 1.29 is 4.39 Å². The van der Waals surface area contributed by atoms with Crippen LogP contribution in [0.5, 0.6) is 0 Å². The van der Waals surface area contributed by atoms with Gasteiger partial charge in [0.2, 0.25) is 0 Å². The molecule has 4 heteroatoms. The van der Waals surface area contributed by atoms with Gasteiger partial charge in [0.25, 0.3) is 0 Å². The zero-order valence-electron chi connectivity index (χ0n) is 9.87. The molecule has 0 amide bonds. The molecular formula is C13H17FN2S. The van der Waals surface area contributed by atoms with Crippen molar-refractivity contribution in [1.29, 1.82) is 0 Å². The van der Waals surface area contributed by atoms with E-state index in [-0.39, 0.29) is 11.9 Å². The molecule has 1 aromatic carbocycles. The van der Waals surface area contributed by atoms with E-state index < -0.39 is 0 Å². The molecule has 3 N–H and O–H groups in total. The van der Waals surface area contributed by atoms with Gasteiger partial charge in [-0.2, -0.15) is 0 Å². The SMILES string of the molecule is CC#CCCC(CSc1ccc(F)cc1)NN. The van der Waals surface area contributed by atoms with Crippen LogP contribution in [0.15, 0.2) is 29.2 Å². The molecule has 0 fully saturated rings. The Hall–Kier alpha value is -1.02. The van der Waals surface area contributed by atoms with Crippen LogP contribution in [0.1, 0.15) is 19.8 Å². The maximum Gasteiger partial charge on any atom is 0.123 e. The third-order valence-electron chi connectivity index (χ3n) is 2.30. The monoisotopic (exact) mass is 252 g/mol. The smallest absolute Gasteiger partial charge is 0.123 e. The van der Waals surface area contributed by atoms with Crippen molar-refractivity contribution in [3.05, 3.63) is 30.1 Å². The lowest BCUT2D eigenvalue weighted by atomic mass is 10.2. The molecular weight excluding hydrogens is 235 g/mol. The van der Waals surface area contributed by atoms with Gasteiger partial charge in [-0.15, -0.1) is 23.6 Å². The third kappa shape index (κ3) is 5.73. The maximum absolute atomic E-state index is 12.7. The molecule has 0 aliphatic heterocycles. The molecule has 0 aromatic heterocycles. The Kier molecular flexibility index (Phi) is 6.71. The summed E-state index contributed by atoms with van der Waals surface area (Å²) >= 11 is 1.66. The van der Waals surface area contributed by atoms with Gasteiger partial charge in [0.05, 0.1) is 0 Å². The van der Waals surface area contributed by atoms with Crippen LogP contribution in [-0.4, -0.2) is 11.8 Å². The van der Waals surface area contributed by atoms with Crippen molar-refractivity contribution in [2.75, 3.05) is 5.75 Å². The molecule has 2 nitrogen and oxygen atoms in total. The summed E-state index contributed by atoms with van der Waals surface area (Å²) in [5.41, 5.74) is 2.78. The highest BCUT2D eigenvalue weighted by Crippen LogP contribution is 2.19. The zero-order valence-corrected chi connectivity index (χ0v) is 10.7. The molecule has 92 valence electrons. The van der Waals surface area contributed by atoms with Crippen LogP contribution in [0.4, 0.5) is 4.39 Å². The quantitative estimate of drug-likeness (QED) is 0.354. The average Bonchev–Trinajstić information content (AvgIpc) is 2.35. The highest BCUT2D eigenvalue weighted by atomic mass is 32.2. The Balaban J connectivity index is 2.35. The van der Waals surface area contributed by atoms with Gasteiger partial charge in [0.1, 0.15) is 5.82 Å². The summed E-state index contributed by atoms with van der Waals surface area (Å²) in [6.45, 7) is 1.83. The van der Waals surface area contributed by atoms with Gasteiger partial charge in [0, 0.05) is 23.1 Å². The van der Waals surface area contributed by atoms with E-state index in [0.717, 1.165) is 23.5 Å². The van der Waals surface area contributed by atoms with Crippen LogP contribution in [0, 0.1) is 17.7 Å². The first-order valence-corrected chi connectivity index (χ1v) is 6.49. The van der Waals surface area contributed by atoms with Gasteiger partial charge in [-0.05, 0) is 37.6 Å². The van der Waals surface area contributed by atoms with Crippen LogP contribution < -0.4 is 11.3 Å². The average molecular weight is 252 g/mol. The fourth-order valence-electron chi connectivity index (χ4n) is 1.31. The summed E-state index contributed by atoms with van der Waals surface area (Å²) in [4.78, 5) is 1.05. The molecule has 1 rings (SSSR count). The summed E-state index contributed by atoms with van der Waals surface area (Å²) in [6, 6.07) is 6.72. The van der Waals surface area contributed by atoms with Crippen molar-refractivity contribution in [2.45, 2.75) is 30.7 Å². The largest absolute Gasteiger partial charge is 0.271 e. The minimum absolute atomic E-state index is 0.207. The molecule has 0 saturated heterocycles. The van der Waals surface area contributed by atoms with Gasteiger partial charge in [0.15, 0.2) is 0 Å². The third-order valence-corrected chi connectivity index (χ3v) is 3.47. The number of hydrazine groups is 1. The second-order valence-corrected chi connectivity index (χ2v) is 4.69. The fourth-order valence-corrected chi connectivity index (χ4v) is 2.30. The molecule has 0 heterocycles. The molecule has 0 saturated carbocycles. The number of thioether (sulfide) groups is 1. The Bertz CT molecular complexity index is 381. The lowest BCUT2D eigenvalue weighted by molar-refractivity contribution is 0.547. The summed E-state index contributed by atoms with van der Waals surface area (Å²) in [5.74, 6) is 12.0. The van der Waals surface area contributed by atoms with E-state index in [1.54, 1.807) is 23.9 Å². The highest BCUT2D eigenvalue weighted by Gasteiger charge is 2.06. The molecule has 0 bridgehead atoms. The molecule has 1 atom stereocenters. The van der Waals surface area contributed by atoms with Crippen LogP contribution in [0.25, 0.3) is 0 Å². The van der Waals surface area contributed by atoms with Crippen molar-refractivity contribution in [3.8, 4) is 11.8 Å². The lowest BCUT2D eigenvalue weighted by Gasteiger charge is -2.13. The predicted molar refractivity (Wildman–Crippen MR) is 70.9 cm³/mol. The first-order chi connectivity index (χ1) is 8.26. The van der Waals surface area contributed by atoms with E-state index in [0.29, 0.717) is 0 Å². The number of nitrogens with two attached hydrogens (primary N) is 1. The molecule has 0 aliphatic rings. The highest BCUT2D eigenvalue weighted by molar-refractivity contribution is 7.99. The minimum atomic E-state index is -0.207. The molecule has 0 spiro atoms. The van der Waals surface area contributed by atoms with Crippen LogP contribution in [0.2, 0.25) is 0 Å². The number of nitrogens with one attached hydrogen (secondary N) is 1. The van der Waals surface area contributed by atoms with E-state index in [2.05, 4.69) is 17.3 Å². The normalized spacial score (nSPS) is 11.7. The second-order valence-electron chi connectivity index (χ2n) is 3.59. The second kappa shape index (κ2) is 8.13. The van der Waals surface area contributed by atoms with E-state index in [1.807, 2.05) is 6.92 Å². The van der Waals surface area contributed by atoms with Crippen LogP contribution in [-0.2, 0) is 0 Å². The van der Waals surface area contributed by atoms with Gasteiger partial charge in [-0.3, -0.25) is 11.3 Å². The molecule has 0 aliphatic carbocycles. The molecule has 17 heavy (non-hydrogen) atoms. The Morgan fingerprint density at radius 2 is 2.12 bits per heavy atom. The number of hydrogen-bond donors (Lipinski definition) is 2. The Morgan fingerprint density at radius 3 is 2.71 bits per heavy atom. The van der Waals surface area contributed by atoms with Crippen molar-refractivity contribution in [1.82, 2.24) is 5.43 Å². The Morgan fingerprint density at radius 1 is 1.41 bits per heavy atom. The standard InChI is InChI=1S/C13H17FN2S/c1-2-3-4-5-12(16-15)10-17-13-8-6-11(14)7-9-13/h6-9,12,16H,4-5,10,15H2,1H3. The molecule has 1 aromatic rings. The Labute approximate surface area is 106 Å². The number of rotatable bonds is 6. The summed E-state index contributed by atoms with van der Waals surface area (Å²) in [5, 5.41) is 0. The maximum atomic E-state index is 12.7. The molecule has 0 radical (unpaired) electrons. The zero-order chi connectivity index (χ0) is 12.5. The number of halogens is 1.